The molecule has 7 heavy (non-hydrogen) atoms. The van der Waals surface area contributed by atoms with Gasteiger partial charge in [-0.3, -0.25) is 5.53 Å². The smallest absolute Gasteiger partial charge is 0.140 e. The number of nitrogen functional groups attached to an aromatic ring is 1. The highest BCUT2D eigenvalue weighted by Gasteiger charge is 1.77. The molecule has 0 unspecified atom stereocenters. The van der Waals surface area contributed by atoms with Crippen LogP contribution in [0.5, 0.6) is 0 Å². The van der Waals surface area contributed by atoms with Crippen LogP contribution in [-0.2, 0) is 0 Å². The molecule has 0 amide bonds. The average Bonchev–Trinajstić information content (AvgIpc) is 2.14. The van der Waals surface area contributed by atoms with Crippen LogP contribution < -0.4 is 11.4 Å². The Labute approximate surface area is 40.1 Å². The summed E-state index contributed by atoms with van der Waals surface area (Å²) in [6.07, 6.45) is 2.92. The summed E-state index contributed by atoms with van der Waals surface area (Å²) in [7, 11) is 0. The fourth-order valence-electron chi connectivity index (χ4n) is 0.267. The van der Waals surface area contributed by atoms with Crippen molar-refractivity contribution in [3.8, 4) is 0 Å². The standard InChI is InChI=1S/C2H5N5/c3-6-7-1-4-5-2-7/h1-2,6H,3H2. The molecule has 0 spiro atoms. The van der Waals surface area contributed by atoms with Crippen molar-refractivity contribution in [3.63, 3.8) is 0 Å². The minimum atomic E-state index is 1.43. The molecular formula is C2H5N5. The second kappa shape index (κ2) is 1.57. The van der Waals surface area contributed by atoms with Gasteiger partial charge in [-0.2, -0.15) is 0 Å². The second-order valence-corrected chi connectivity index (χ2v) is 0.998. The highest BCUT2D eigenvalue weighted by Crippen LogP contribution is 1.66. The molecule has 38 valence electrons. The summed E-state index contributed by atoms with van der Waals surface area (Å²) < 4.78 is 1.43. The molecule has 3 N–H and O–H groups in total. The number of rotatable bonds is 1. The lowest BCUT2D eigenvalue weighted by Crippen LogP contribution is -2.19. The van der Waals surface area contributed by atoms with E-state index in [4.69, 9.17) is 5.84 Å². The van der Waals surface area contributed by atoms with E-state index in [-0.39, 0.29) is 0 Å². The predicted molar refractivity (Wildman–Crippen MR) is 23.6 cm³/mol. The van der Waals surface area contributed by atoms with E-state index in [1.54, 1.807) is 0 Å². The van der Waals surface area contributed by atoms with E-state index in [9.17, 15) is 0 Å². The van der Waals surface area contributed by atoms with Gasteiger partial charge in [-0.05, 0) is 0 Å². The summed E-state index contributed by atoms with van der Waals surface area (Å²) in [5, 5.41) is 6.93. The third-order valence-electron chi connectivity index (χ3n) is 0.568. The maximum atomic E-state index is 4.93. The Balaban J connectivity index is 2.76. The van der Waals surface area contributed by atoms with E-state index in [0.29, 0.717) is 0 Å². The Kier molecular flexibility index (Phi) is 0.910. The van der Waals surface area contributed by atoms with E-state index in [0.717, 1.165) is 0 Å². The molecule has 0 aromatic carbocycles. The minimum absolute atomic E-state index is 1.43. The molecule has 1 rings (SSSR count). The van der Waals surface area contributed by atoms with Gasteiger partial charge in [0.15, 0.2) is 0 Å². The van der Waals surface area contributed by atoms with Gasteiger partial charge in [0.2, 0.25) is 0 Å². The van der Waals surface area contributed by atoms with Crippen molar-refractivity contribution in [1.82, 2.24) is 14.9 Å². The van der Waals surface area contributed by atoms with Crippen molar-refractivity contribution in [2.75, 3.05) is 5.53 Å². The third-order valence-corrected chi connectivity index (χ3v) is 0.568. The van der Waals surface area contributed by atoms with E-state index < -0.39 is 0 Å². The van der Waals surface area contributed by atoms with Gasteiger partial charge < -0.3 is 0 Å². The van der Waals surface area contributed by atoms with Gasteiger partial charge in [-0.1, -0.05) is 0 Å². The Morgan fingerprint density at radius 3 is 2.29 bits per heavy atom. The zero-order chi connectivity index (χ0) is 5.11. The minimum Gasteiger partial charge on any atom is -0.259 e. The van der Waals surface area contributed by atoms with Gasteiger partial charge in [-0.15, -0.1) is 10.2 Å². The first kappa shape index (κ1) is 4.07. The molecule has 0 aliphatic rings. The summed E-state index contributed by atoms with van der Waals surface area (Å²) in [4.78, 5) is 0. The first-order valence-corrected chi connectivity index (χ1v) is 1.75. The summed E-state index contributed by atoms with van der Waals surface area (Å²) in [6.45, 7) is 0. The molecule has 0 aliphatic heterocycles. The average molecular weight is 99.1 g/mol. The largest absolute Gasteiger partial charge is 0.259 e. The van der Waals surface area contributed by atoms with Crippen LogP contribution in [-0.4, -0.2) is 14.9 Å². The van der Waals surface area contributed by atoms with Crippen LogP contribution in [0.2, 0.25) is 0 Å². The van der Waals surface area contributed by atoms with E-state index in [1.807, 2.05) is 0 Å². The number of hydrogen-bond acceptors (Lipinski definition) is 4. The van der Waals surface area contributed by atoms with Crippen LogP contribution in [0, 0.1) is 0 Å². The quantitative estimate of drug-likeness (QED) is 0.339. The highest BCUT2D eigenvalue weighted by molar-refractivity contribution is 4.62. The number of nitrogens with two attached hydrogens (primary N) is 1. The first-order chi connectivity index (χ1) is 3.43. The van der Waals surface area contributed by atoms with Crippen LogP contribution in [0.15, 0.2) is 12.7 Å². The number of aromatic nitrogens is 3. The van der Waals surface area contributed by atoms with Gasteiger partial charge >= 0.3 is 0 Å². The van der Waals surface area contributed by atoms with Crippen LogP contribution in [0.3, 0.4) is 0 Å². The van der Waals surface area contributed by atoms with E-state index in [1.165, 1.54) is 17.3 Å². The van der Waals surface area contributed by atoms with Gasteiger partial charge in [0, 0.05) is 0 Å². The number of nitrogens with one attached hydrogen (secondary N) is 1. The molecule has 1 aromatic rings. The lowest BCUT2D eigenvalue weighted by atomic mass is 11.3. The Morgan fingerprint density at radius 1 is 1.43 bits per heavy atom. The van der Waals surface area contributed by atoms with Crippen molar-refractivity contribution in [1.29, 1.82) is 0 Å². The van der Waals surface area contributed by atoms with Gasteiger partial charge in [0.1, 0.15) is 12.7 Å². The van der Waals surface area contributed by atoms with Crippen molar-refractivity contribution in [2.45, 2.75) is 0 Å². The van der Waals surface area contributed by atoms with E-state index in [2.05, 4.69) is 15.7 Å². The van der Waals surface area contributed by atoms with Crippen molar-refractivity contribution in [3.05, 3.63) is 12.7 Å². The predicted octanol–water partition coefficient (Wildman–Crippen LogP) is -1.30. The molecule has 0 saturated heterocycles. The lowest BCUT2D eigenvalue weighted by Gasteiger charge is -1.91. The van der Waals surface area contributed by atoms with E-state index >= 15 is 0 Å². The topological polar surface area (TPSA) is 68.8 Å². The zero-order valence-electron chi connectivity index (χ0n) is 3.57. The van der Waals surface area contributed by atoms with Crippen molar-refractivity contribution in [2.24, 2.45) is 5.84 Å². The Hall–Kier alpha value is -1.10. The van der Waals surface area contributed by atoms with Crippen molar-refractivity contribution >= 4 is 0 Å². The zero-order valence-corrected chi connectivity index (χ0v) is 3.57. The molecule has 0 bridgehead atoms. The maximum Gasteiger partial charge on any atom is 0.140 e. The Bertz CT molecular complexity index is 121. The van der Waals surface area contributed by atoms with Crippen LogP contribution >= 0.6 is 0 Å². The molecular weight excluding hydrogens is 94.1 g/mol. The summed E-state index contributed by atoms with van der Waals surface area (Å²) >= 11 is 0. The first-order valence-electron chi connectivity index (χ1n) is 1.75. The number of hydrogen-bond donors (Lipinski definition) is 2. The third kappa shape index (κ3) is 0.660. The molecule has 0 fully saturated rings. The van der Waals surface area contributed by atoms with Crippen LogP contribution in [0.1, 0.15) is 0 Å². The van der Waals surface area contributed by atoms with Crippen molar-refractivity contribution < 1.29 is 0 Å². The fourth-order valence-corrected chi connectivity index (χ4v) is 0.267. The molecule has 0 atom stereocenters. The molecule has 1 aromatic heterocycles. The highest BCUT2D eigenvalue weighted by atomic mass is 15.6. The van der Waals surface area contributed by atoms with Gasteiger partial charge in [0.05, 0.1) is 0 Å². The monoisotopic (exact) mass is 99.1 g/mol. The Morgan fingerprint density at radius 2 is 2.00 bits per heavy atom. The SMILES string of the molecule is NNn1cnnc1. The summed E-state index contributed by atoms with van der Waals surface area (Å²) in [6, 6.07) is 0. The molecule has 0 aliphatic carbocycles. The lowest BCUT2D eigenvalue weighted by molar-refractivity contribution is 0.875. The summed E-state index contributed by atoms with van der Waals surface area (Å²) in [5.74, 6) is 4.93. The fraction of sp³-hybridized carbons (Fsp3) is 0. The molecule has 1 heterocycles. The molecule has 5 nitrogen and oxygen atoms in total. The molecule has 0 saturated carbocycles. The van der Waals surface area contributed by atoms with Gasteiger partial charge in [0.25, 0.3) is 0 Å². The molecule has 0 radical (unpaired) electrons. The second-order valence-electron chi connectivity index (χ2n) is 0.998. The maximum absolute atomic E-state index is 4.93. The normalized spacial score (nSPS) is 8.71. The number of nitrogens with zero attached hydrogens (tertiary/aromatic N) is 3. The van der Waals surface area contributed by atoms with Gasteiger partial charge in [-0.25, -0.2) is 10.5 Å². The van der Waals surface area contributed by atoms with Crippen LogP contribution in [0.4, 0.5) is 0 Å². The summed E-state index contributed by atoms with van der Waals surface area (Å²) in [5.41, 5.74) is 2.30. The number of hydrazine groups is 1. The van der Waals surface area contributed by atoms with Crippen LogP contribution in [0.25, 0.3) is 0 Å². The molecule has 5 heteroatoms.